The summed E-state index contributed by atoms with van der Waals surface area (Å²) >= 11 is 5.09. The first-order chi connectivity index (χ1) is 8.61. The molecule has 1 saturated carbocycles. The first-order valence-corrected chi connectivity index (χ1v) is 6.99. The van der Waals surface area contributed by atoms with Crippen LogP contribution in [0.3, 0.4) is 0 Å². The van der Waals surface area contributed by atoms with Crippen LogP contribution in [0.4, 0.5) is 5.69 Å². The summed E-state index contributed by atoms with van der Waals surface area (Å²) in [4.78, 5) is 7.00. The van der Waals surface area contributed by atoms with Crippen LogP contribution in [-0.2, 0) is 0 Å². The maximum Gasteiger partial charge on any atom is 0.124 e. The fourth-order valence-electron chi connectivity index (χ4n) is 2.92. The summed E-state index contributed by atoms with van der Waals surface area (Å²) in [5.74, 6) is 0.711. The molecule has 2 atom stereocenters. The number of pyridine rings is 1. The molecule has 1 fully saturated rings. The van der Waals surface area contributed by atoms with E-state index in [4.69, 9.17) is 18.0 Å². The van der Waals surface area contributed by atoms with Gasteiger partial charge in [-0.1, -0.05) is 32.0 Å². The quantitative estimate of drug-likeness (QED) is 0.852. The Balaban J connectivity index is 2.27. The SMILES string of the molecule is CC1CCCCC1N(C)c1cccnc1C(N)=S. The van der Waals surface area contributed by atoms with E-state index in [1.165, 1.54) is 25.7 Å². The number of hydrogen-bond acceptors (Lipinski definition) is 3. The van der Waals surface area contributed by atoms with Crippen LogP contribution in [0, 0.1) is 5.92 Å². The van der Waals surface area contributed by atoms with E-state index in [0.29, 0.717) is 16.9 Å². The van der Waals surface area contributed by atoms with Crippen LogP contribution in [0.2, 0.25) is 0 Å². The van der Waals surface area contributed by atoms with Crippen LogP contribution < -0.4 is 10.6 Å². The third kappa shape index (κ3) is 2.64. The van der Waals surface area contributed by atoms with Crippen molar-refractivity contribution >= 4 is 22.9 Å². The number of aromatic nitrogens is 1. The summed E-state index contributed by atoms with van der Waals surface area (Å²) < 4.78 is 0. The molecular weight excluding hydrogens is 242 g/mol. The lowest BCUT2D eigenvalue weighted by molar-refractivity contribution is 0.321. The number of rotatable bonds is 3. The molecular formula is C14H21N3S. The average molecular weight is 263 g/mol. The van der Waals surface area contributed by atoms with Crippen molar-refractivity contribution in [2.24, 2.45) is 11.7 Å². The molecule has 0 amide bonds. The molecule has 2 rings (SSSR count). The molecule has 2 N–H and O–H groups in total. The Morgan fingerprint density at radius 2 is 2.17 bits per heavy atom. The van der Waals surface area contributed by atoms with Crippen LogP contribution in [-0.4, -0.2) is 23.1 Å². The molecule has 1 aliphatic carbocycles. The first kappa shape index (κ1) is 13.3. The summed E-state index contributed by atoms with van der Waals surface area (Å²) in [6.45, 7) is 2.33. The van der Waals surface area contributed by atoms with Crippen LogP contribution in [0.1, 0.15) is 38.3 Å². The van der Waals surface area contributed by atoms with Crippen LogP contribution in [0.5, 0.6) is 0 Å². The molecule has 2 unspecified atom stereocenters. The minimum atomic E-state index is 0.376. The van der Waals surface area contributed by atoms with Gasteiger partial charge in [-0.25, -0.2) is 0 Å². The van der Waals surface area contributed by atoms with Gasteiger partial charge in [0.1, 0.15) is 10.7 Å². The van der Waals surface area contributed by atoms with Crippen LogP contribution in [0.15, 0.2) is 18.3 Å². The van der Waals surface area contributed by atoms with Gasteiger partial charge in [-0.2, -0.15) is 0 Å². The van der Waals surface area contributed by atoms with Gasteiger partial charge in [0.2, 0.25) is 0 Å². The second-order valence-corrected chi connectivity index (χ2v) is 5.62. The first-order valence-electron chi connectivity index (χ1n) is 6.59. The highest BCUT2D eigenvalue weighted by molar-refractivity contribution is 7.80. The summed E-state index contributed by atoms with van der Waals surface area (Å²) in [6.07, 6.45) is 6.94. The van der Waals surface area contributed by atoms with Crippen molar-refractivity contribution in [3.8, 4) is 0 Å². The smallest absolute Gasteiger partial charge is 0.124 e. The van der Waals surface area contributed by atoms with E-state index in [-0.39, 0.29) is 0 Å². The molecule has 98 valence electrons. The fourth-order valence-corrected chi connectivity index (χ4v) is 3.08. The van der Waals surface area contributed by atoms with Gasteiger partial charge >= 0.3 is 0 Å². The Bertz CT molecular complexity index is 433. The minimum Gasteiger partial charge on any atom is -0.388 e. The van der Waals surface area contributed by atoms with Crippen molar-refractivity contribution in [1.29, 1.82) is 0 Å². The Labute approximate surface area is 114 Å². The lowest BCUT2D eigenvalue weighted by Crippen LogP contribution is -2.40. The summed E-state index contributed by atoms with van der Waals surface area (Å²) in [5, 5.41) is 0. The Morgan fingerprint density at radius 3 is 2.83 bits per heavy atom. The Kier molecular flexibility index (Phi) is 4.17. The molecule has 3 nitrogen and oxygen atoms in total. The standard InChI is InChI=1S/C14H21N3S/c1-10-6-3-4-7-11(10)17(2)12-8-5-9-16-13(12)14(15)18/h5,8-11H,3-4,6-7H2,1-2H3,(H2,15,18). The zero-order valence-electron chi connectivity index (χ0n) is 11.1. The molecule has 0 bridgehead atoms. The van der Waals surface area contributed by atoms with Gasteiger partial charge in [0.25, 0.3) is 0 Å². The number of nitrogens with zero attached hydrogens (tertiary/aromatic N) is 2. The van der Waals surface area contributed by atoms with E-state index >= 15 is 0 Å². The molecule has 0 radical (unpaired) electrons. The fraction of sp³-hybridized carbons (Fsp3) is 0.571. The molecule has 4 heteroatoms. The highest BCUT2D eigenvalue weighted by Gasteiger charge is 2.26. The van der Waals surface area contributed by atoms with E-state index in [1.54, 1.807) is 6.20 Å². The van der Waals surface area contributed by atoms with Crippen molar-refractivity contribution in [2.75, 3.05) is 11.9 Å². The van der Waals surface area contributed by atoms with Gasteiger partial charge in [0.05, 0.1) is 5.69 Å². The largest absolute Gasteiger partial charge is 0.388 e. The zero-order chi connectivity index (χ0) is 13.1. The number of nitrogens with two attached hydrogens (primary N) is 1. The van der Waals surface area contributed by atoms with E-state index in [9.17, 15) is 0 Å². The maximum absolute atomic E-state index is 5.76. The van der Waals surface area contributed by atoms with E-state index in [0.717, 1.165) is 11.4 Å². The summed E-state index contributed by atoms with van der Waals surface area (Å²) in [5.41, 5.74) is 7.56. The Hall–Kier alpha value is -1.16. The van der Waals surface area contributed by atoms with Crippen molar-refractivity contribution in [2.45, 2.75) is 38.6 Å². The number of thiocarbonyl (C=S) groups is 1. The molecule has 1 aliphatic rings. The second kappa shape index (κ2) is 5.65. The van der Waals surface area contributed by atoms with Crippen molar-refractivity contribution < 1.29 is 0 Å². The molecule has 0 aliphatic heterocycles. The van der Waals surface area contributed by atoms with E-state index in [1.807, 2.05) is 6.07 Å². The van der Waals surface area contributed by atoms with Crippen LogP contribution >= 0.6 is 12.2 Å². The number of hydrogen-bond donors (Lipinski definition) is 1. The lowest BCUT2D eigenvalue weighted by atomic mass is 9.85. The van der Waals surface area contributed by atoms with E-state index < -0.39 is 0 Å². The van der Waals surface area contributed by atoms with Gasteiger partial charge in [-0.3, -0.25) is 4.98 Å². The molecule has 0 saturated heterocycles. The molecule has 1 aromatic heterocycles. The van der Waals surface area contributed by atoms with Gasteiger partial charge in [-0.15, -0.1) is 0 Å². The van der Waals surface area contributed by atoms with Crippen molar-refractivity contribution in [3.63, 3.8) is 0 Å². The molecule has 18 heavy (non-hydrogen) atoms. The Morgan fingerprint density at radius 1 is 1.44 bits per heavy atom. The monoisotopic (exact) mass is 263 g/mol. The molecule has 1 aromatic rings. The summed E-state index contributed by atoms with van der Waals surface area (Å²) in [7, 11) is 2.13. The molecule has 0 aromatic carbocycles. The third-order valence-electron chi connectivity index (χ3n) is 3.96. The molecule has 0 spiro atoms. The molecule has 1 heterocycles. The minimum absolute atomic E-state index is 0.376. The van der Waals surface area contributed by atoms with E-state index in [2.05, 4.69) is 29.9 Å². The highest BCUT2D eigenvalue weighted by atomic mass is 32.1. The van der Waals surface area contributed by atoms with Gasteiger partial charge in [0.15, 0.2) is 0 Å². The predicted octanol–water partition coefficient (Wildman–Crippen LogP) is 2.73. The van der Waals surface area contributed by atoms with Gasteiger partial charge in [0, 0.05) is 19.3 Å². The van der Waals surface area contributed by atoms with Crippen molar-refractivity contribution in [3.05, 3.63) is 24.0 Å². The van der Waals surface area contributed by atoms with Gasteiger partial charge < -0.3 is 10.6 Å². The predicted molar refractivity (Wildman–Crippen MR) is 79.9 cm³/mol. The number of anilines is 1. The third-order valence-corrected chi connectivity index (χ3v) is 4.16. The van der Waals surface area contributed by atoms with Crippen LogP contribution in [0.25, 0.3) is 0 Å². The average Bonchev–Trinajstić information content (AvgIpc) is 2.38. The topological polar surface area (TPSA) is 42.2 Å². The lowest BCUT2D eigenvalue weighted by Gasteiger charge is -2.38. The maximum atomic E-state index is 5.76. The van der Waals surface area contributed by atoms with Gasteiger partial charge in [-0.05, 0) is 30.9 Å². The van der Waals surface area contributed by atoms with Crippen molar-refractivity contribution in [1.82, 2.24) is 4.98 Å². The highest BCUT2D eigenvalue weighted by Crippen LogP contribution is 2.31. The second-order valence-electron chi connectivity index (χ2n) is 5.18. The zero-order valence-corrected chi connectivity index (χ0v) is 11.9. The summed E-state index contributed by atoms with van der Waals surface area (Å²) in [6, 6.07) is 4.57. The normalized spacial score (nSPS) is 23.7.